The van der Waals surface area contributed by atoms with E-state index in [9.17, 15) is 14.7 Å². The molecule has 5 heteroatoms. The summed E-state index contributed by atoms with van der Waals surface area (Å²) in [6.45, 7) is 6.26. The lowest BCUT2D eigenvalue weighted by atomic mass is 9.69. The normalized spacial score (nSPS) is 34.1. The second-order valence-electron chi connectivity index (χ2n) is 10.7. The molecule has 1 aliphatic heterocycles. The van der Waals surface area contributed by atoms with Crippen LogP contribution in [0, 0.1) is 35.5 Å². The lowest BCUT2D eigenvalue weighted by Crippen LogP contribution is -2.41. The predicted molar refractivity (Wildman–Crippen MR) is 138 cm³/mol. The molecule has 190 valence electrons. The Morgan fingerprint density at radius 3 is 2.71 bits per heavy atom. The summed E-state index contributed by atoms with van der Waals surface area (Å²) in [6.07, 6.45) is 19.2. The zero-order chi connectivity index (χ0) is 24.9. The molecule has 1 saturated heterocycles. The number of fused-ring (bicyclic) bond motifs is 1. The first-order valence-electron chi connectivity index (χ1n) is 13.6. The summed E-state index contributed by atoms with van der Waals surface area (Å²) in [5.74, 6) is 0.323. The number of H-pyrrole nitrogens is 1. The van der Waals surface area contributed by atoms with Gasteiger partial charge >= 0.3 is 5.97 Å². The summed E-state index contributed by atoms with van der Waals surface area (Å²) in [5.41, 5.74) is 1.91. The molecule has 8 atom stereocenters. The van der Waals surface area contributed by atoms with Gasteiger partial charge in [0.2, 0.25) is 0 Å². The van der Waals surface area contributed by atoms with Crippen molar-refractivity contribution in [3.63, 3.8) is 0 Å². The van der Waals surface area contributed by atoms with Crippen LogP contribution < -0.4 is 0 Å². The van der Waals surface area contributed by atoms with E-state index in [1.54, 1.807) is 0 Å². The van der Waals surface area contributed by atoms with Crippen LogP contribution in [-0.4, -0.2) is 34.1 Å². The van der Waals surface area contributed by atoms with Gasteiger partial charge in [0, 0.05) is 18.0 Å². The number of allylic oxidation sites excluding steroid dienone is 5. The van der Waals surface area contributed by atoms with Crippen molar-refractivity contribution in [1.82, 2.24) is 4.98 Å². The van der Waals surface area contributed by atoms with Crippen molar-refractivity contribution in [2.24, 2.45) is 35.5 Å². The number of carboxylic acids is 1. The van der Waals surface area contributed by atoms with Gasteiger partial charge in [-0.3, -0.25) is 9.59 Å². The van der Waals surface area contributed by atoms with Gasteiger partial charge in [-0.25, -0.2) is 0 Å². The Bertz CT molecular complexity index is 959. The van der Waals surface area contributed by atoms with Crippen LogP contribution in [0.25, 0.3) is 0 Å². The van der Waals surface area contributed by atoms with Crippen molar-refractivity contribution < 1.29 is 19.4 Å². The summed E-state index contributed by atoms with van der Waals surface area (Å²) in [6, 6.07) is 3.78. The van der Waals surface area contributed by atoms with Crippen LogP contribution in [0.3, 0.4) is 0 Å². The summed E-state index contributed by atoms with van der Waals surface area (Å²) < 4.78 is 6.42. The molecule has 0 spiro atoms. The molecule has 2 N–H and O–H groups in total. The number of ether oxygens (including phenoxy) is 1. The number of carboxylic acid groups (broad SMARTS) is 1. The van der Waals surface area contributed by atoms with Gasteiger partial charge in [-0.2, -0.15) is 0 Å². The Labute approximate surface area is 209 Å². The molecule has 1 saturated carbocycles. The van der Waals surface area contributed by atoms with E-state index >= 15 is 0 Å². The van der Waals surface area contributed by atoms with Crippen LogP contribution in [0.15, 0.2) is 54.3 Å². The van der Waals surface area contributed by atoms with Crippen molar-refractivity contribution in [2.75, 3.05) is 0 Å². The minimum absolute atomic E-state index is 0.0315. The standard InChI is InChI=1S/C30H41NO4/c1-4-20(29-19(3)14-17-26(35-29)23(5-2)30(33)34)9-6-11-22-16-15-21-10-7-12-24(21)27(22)28(32)25-13-8-18-31-25/h6,8-9,11,13,15-16,18-19,21-24,26-27,29,31H,4-5,7,10,12,14,17H2,1-3H3,(H,33,34)/b11-6+,20-9+/t19-,21-,22-,23-,24+,26?,27+,29+/m0/s1. The maximum absolute atomic E-state index is 13.5. The van der Waals surface area contributed by atoms with E-state index in [0.717, 1.165) is 25.7 Å². The Kier molecular flexibility index (Phi) is 8.48. The fraction of sp³-hybridized carbons (Fsp3) is 0.600. The number of aliphatic carboxylic acids is 1. The van der Waals surface area contributed by atoms with Gasteiger partial charge in [-0.05, 0) is 74.0 Å². The molecule has 3 aliphatic rings. The predicted octanol–water partition coefficient (Wildman–Crippen LogP) is 6.60. The Hall–Kier alpha value is -2.40. The van der Waals surface area contributed by atoms with E-state index in [1.165, 1.54) is 18.4 Å². The van der Waals surface area contributed by atoms with Crippen LogP contribution >= 0.6 is 0 Å². The first-order chi connectivity index (χ1) is 16.9. The highest BCUT2D eigenvalue weighted by molar-refractivity contribution is 5.97. The number of carbonyl (C=O) groups is 2. The number of hydrogen-bond donors (Lipinski definition) is 2. The monoisotopic (exact) mass is 479 g/mol. The number of nitrogens with one attached hydrogen (secondary N) is 1. The molecule has 1 unspecified atom stereocenters. The zero-order valence-corrected chi connectivity index (χ0v) is 21.4. The molecule has 0 bridgehead atoms. The molecular formula is C30H41NO4. The molecule has 0 aromatic carbocycles. The quantitative estimate of drug-likeness (QED) is 0.237. The van der Waals surface area contributed by atoms with E-state index in [1.807, 2.05) is 25.3 Å². The first kappa shape index (κ1) is 25.7. The van der Waals surface area contributed by atoms with E-state index in [0.29, 0.717) is 29.9 Å². The van der Waals surface area contributed by atoms with Gasteiger partial charge in [0.15, 0.2) is 5.78 Å². The third kappa shape index (κ3) is 5.55. The fourth-order valence-electron chi connectivity index (χ4n) is 6.63. The van der Waals surface area contributed by atoms with Gasteiger partial charge in [-0.1, -0.05) is 57.6 Å². The smallest absolute Gasteiger partial charge is 0.309 e. The summed E-state index contributed by atoms with van der Waals surface area (Å²) in [4.78, 5) is 28.3. The summed E-state index contributed by atoms with van der Waals surface area (Å²) in [7, 11) is 0. The molecule has 1 aromatic heterocycles. The SMILES string of the molecule is CC/C(=C\C=C\[C@H]1C=C[C@@H]2CCC[C@H]2[C@@H]1C(=O)c1ccc[nH]1)[C@@H]1OC([C@H](CC)C(=O)O)CC[C@@H]1C. The summed E-state index contributed by atoms with van der Waals surface area (Å²) in [5, 5.41) is 9.62. The second kappa shape index (κ2) is 11.6. The van der Waals surface area contributed by atoms with E-state index < -0.39 is 11.9 Å². The largest absolute Gasteiger partial charge is 0.481 e. The van der Waals surface area contributed by atoms with E-state index in [-0.39, 0.29) is 29.8 Å². The van der Waals surface area contributed by atoms with Crippen molar-refractivity contribution >= 4 is 11.8 Å². The first-order valence-corrected chi connectivity index (χ1v) is 13.6. The third-order valence-corrected chi connectivity index (χ3v) is 8.62. The molecule has 0 radical (unpaired) electrons. The van der Waals surface area contributed by atoms with Crippen molar-refractivity contribution in [2.45, 2.75) is 77.9 Å². The number of carbonyl (C=O) groups excluding carboxylic acids is 1. The highest BCUT2D eigenvalue weighted by Gasteiger charge is 2.42. The Morgan fingerprint density at radius 2 is 2.03 bits per heavy atom. The number of Topliss-reactive ketones (excluding diaryl/α,β-unsaturated/α-hetero) is 1. The van der Waals surface area contributed by atoms with Crippen LogP contribution in [0.5, 0.6) is 0 Å². The van der Waals surface area contributed by atoms with E-state index in [2.05, 4.69) is 49.2 Å². The Balaban J connectivity index is 1.53. The molecule has 0 amide bonds. The fourth-order valence-corrected chi connectivity index (χ4v) is 6.63. The molecule has 4 rings (SSSR count). The number of aromatic amines is 1. The molecule has 1 aromatic rings. The van der Waals surface area contributed by atoms with Crippen LogP contribution in [0.4, 0.5) is 0 Å². The average Bonchev–Trinajstić information content (AvgIpc) is 3.55. The molecule has 2 fully saturated rings. The van der Waals surface area contributed by atoms with Gasteiger partial charge in [0.05, 0.1) is 23.8 Å². The minimum atomic E-state index is -0.764. The molecule has 5 nitrogen and oxygen atoms in total. The molecular weight excluding hydrogens is 438 g/mol. The lowest BCUT2D eigenvalue weighted by Gasteiger charge is -2.38. The number of aromatic nitrogens is 1. The lowest BCUT2D eigenvalue weighted by molar-refractivity contribution is -0.154. The number of ketones is 1. The summed E-state index contributed by atoms with van der Waals surface area (Å²) >= 11 is 0. The van der Waals surface area contributed by atoms with E-state index in [4.69, 9.17) is 4.74 Å². The van der Waals surface area contributed by atoms with Crippen LogP contribution in [-0.2, 0) is 9.53 Å². The average molecular weight is 480 g/mol. The molecule has 2 heterocycles. The van der Waals surface area contributed by atoms with Gasteiger partial charge in [-0.15, -0.1) is 0 Å². The van der Waals surface area contributed by atoms with Gasteiger partial charge in [0.1, 0.15) is 0 Å². The molecule has 2 aliphatic carbocycles. The highest BCUT2D eigenvalue weighted by atomic mass is 16.5. The highest BCUT2D eigenvalue weighted by Crippen LogP contribution is 2.46. The topological polar surface area (TPSA) is 79.4 Å². The Morgan fingerprint density at radius 1 is 1.20 bits per heavy atom. The molecule has 35 heavy (non-hydrogen) atoms. The van der Waals surface area contributed by atoms with Crippen molar-refractivity contribution in [3.8, 4) is 0 Å². The third-order valence-electron chi connectivity index (χ3n) is 8.62. The zero-order valence-electron chi connectivity index (χ0n) is 21.4. The van der Waals surface area contributed by atoms with Crippen LogP contribution in [0.2, 0.25) is 0 Å². The maximum Gasteiger partial charge on any atom is 0.309 e. The van der Waals surface area contributed by atoms with Crippen molar-refractivity contribution in [1.29, 1.82) is 0 Å². The minimum Gasteiger partial charge on any atom is -0.481 e. The van der Waals surface area contributed by atoms with Crippen LogP contribution in [0.1, 0.15) is 76.2 Å². The number of rotatable bonds is 9. The van der Waals surface area contributed by atoms with Gasteiger partial charge < -0.3 is 14.8 Å². The maximum atomic E-state index is 13.5. The number of hydrogen-bond acceptors (Lipinski definition) is 3. The van der Waals surface area contributed by atoms with Crippen molar-refractivity contribution in [3.05, 3.63) is 60.0 Å². The second-order valence-corrected chi connectivity index (χ2v) is 10.7. The van der Waals surface area contributed by atoms with Gasteiger partial charge in [0.25, 0.3) is 0 Å².